The average molecular weight is 327 g/mol. The Morgan fingerprint density at radius 1 is 1.24 bits per heavy atom. The van der Waals surface area contributed by atoms with Gasteiger partial charge in [-0.1, -0.05) is 0 Å². The Labute approximate surface area is 117 Å². The second-order valence-electron chi connectivity index (χ2n) is 5.11. The molecule has 92 valence electrons. The summed E-state index contributed by atoms with van der Waals surface area (Å²) in [4.78, 5) is 1.26. The van der Waals surface area contributed by atoms with E-state index in [9.17, 15) is 0 Å². The number of hydrogen-bond acceptors (Lipinski definition) is 1. The zero-order valence-corrected chi connectivity index (χ0v) is 14.6. The van der Waals surface area contributed by atoms with Crippen LogP contribution in [0.2, 0.25) is 17.3 Å². The van der Waals surface area contributed by atoms with Gasteiger partial charge in [-0.2, -0.15) is 0 Å². The van der Waals surface area contributed by atoms with Gasteiger partial charge in [0, 0.05) is 0 Å². The first-order valence-corrected chi connectivity index (χ1v) is 14.5. The molecule has 3 heteroatoms. The van der Waals surface area contributed by atoms with E-state index in [-0.39, 0.29) is 5.38 Å². The summed E-state index contributed by atoms with van der Waals surface area (Å²) < 4.78 is 3.36. The first-order valence-electron chi connectivity index (χ1n) is 5.73. The molecular formula is C14H19ClGeS. The van der Waals surface area contributed by atoms with Crippen molar-refractivity contribution in [3.63, 3.8) is 0 Å². The SMILES string of the molecule is Cc1ccc(SCC(Cl)C#[C][Ge]([CH3])([CH3])[CH3])cc1. The molecular weight excluding hydrogens is 308 g/mol. The summed E-state index contributed by atoms with van der Waals surface area (Å²) in [6.45, 7) is 2.10. The van der Waals surface area contributed by atoms with Gasteiger partial charge in [0.25, 0.3) is 0 Å². The van der Waals surface area contributed by atoms with Crippen molar-refractivity contribution in [2.45, 2.75) is 34.5 Å². The molecule has 1 atom stereocenters. The molecule has 0 heterocycles. The van der Waals surface area contributed by atoms with Crippen molar-refractivity contribution >= 4 is 36.6 Å². The first kappa shape index (κ1) is 15.0. The van der Waals surface area contributed by atoms with Crippen LogP contribution in [0, 0.1) is 17.6 Å². The molecule has 0 nitrogen and oxygen atoms in total. The number of halogens is 1. The fourth-order valence-corrected chi connectivity index (χ4v) is 3.60. The predicted octanol–water partition coefficient (Wildman–Crippen LogP) is 4.58. The molecule has 0 N–H and O–H groups in total. The summed E-state index contributed by atoms with van der Waals surface area (Å²) in [5.74, 6) is 10.9. The summed E-state index contributed by atoms with van der Waals surface area (Å²) in [5, 5.41) is -0.0360. The molecule has 0 spiro atoms. The Morgan fingerprint density at radius 3 is 2.35 bits per heavy atom. The molecule has 0 aliphatic heterocycles. The monoisotopic (exact) mass is 328 g/mol. The number of alkyl halides is 1. The number of hydrogen-bond donors (Lipinski definition) is 0. The molecule has 0 aromatic heterocycles. The van der Waals surface area contributed by atoms with Crippen LogP contribution in [0.25, 0.3) is 0 Å². The quantitative estimate of drug-likeness (QED) is 0.339. The molecule has 0 saturated heterocycles. The van der Waals surface area contributed by atoms with Gasteiger partial charge >= 0.3 is 117 Å². The standard InChI is InChI=1S/C14H19ClGeS/c1-12-5-7-14(8-6-12)17-11-13(15)9-10-16(2,3)4/h5-8,13H,11H2,1-4H3. The fraction of sp³-hybridized carbons (Fsp3) is 0.429. The molecule has 1 unspecified atom stereocenters. The molecule has 0 saturated carbocycles. The molecule has 0 amide bonds. The van der Waals surface area contributed by atoms with Crippen LogP contribution in [0.1, 0.15) is 5.56 Å². The normalized spacial score (nSPS) is 12.8. The zero-order valence-electron chi connectivity index (χ0n) is 10.9. The zero-order chi connectivity index (χ0) is 12.9. The van der Waals surface area contributed by atoms with Crippen LogP contribution in [-0.2, 0) is 0 Å². The van der Waals surface area contributed by atoms with Crippen molar-refractivity contribution in [1.82, 2.24) is 0 Å². The molecule has 0 fully saturated rings. The average Bonchev–Trinajstić information content (AvgIpc) is 2.25. The Morgan fingerprint density at radius 2 is 1.82 bits per heavy atom. The summed E-state index contributed by atoms with van der Waals surface area (Å²) in [6, 6.07) is 8.53. The van der Waals surface area contributed by atoms with Crippen molar-refractivity contribution in [2.24, 2.45) is 0 Å². The van der Waals surface area contributed by atoms with E-state index >= 15 is 0 Å². The van der Waals surface area contributed by atoms with Crippen LogP contribution >= 0.6 is 23.4 Å². The van der Waals surface area contributed by atoms with E-state index in [1.165, 1.54) is 10.5 Å². The van der Waals surface area contributed by atoms with Crippen molar-refractivity contribution in [3.05, 3.63) is 29.8 Å². The summed E-state index contributed by atoms with van der Waals surface area (Å²) in [5.41, 5.74) is 1.29. The van der Waals surface area contributed by atoms with E-state index in [1.54, 1.807) is 11.8 Å². The van der Waals surface area contributed by atoms with Gasteiger partial charge in [0.15, 0.2) is 0 Å². The van der Waals surface area contributed by atoms with Crippen LogP contribution < -0.4 is 0 Å². The Balaban J connectivity index is 2.45. The van der Waals surface area contributed by atoms with Gasteiger partial charge in [0.05, 0.1) is 0 Å². The number of aryl methyl sites for hydroxylation is 1. The maximum absolute atomic E-state index is 6.20. The third-order valence-electron chi connectivity index (χ3n) is 2.02. The molecule has 0 bridgehead atoms. The Bertz CT molecular complexity index is 409. The molecule has 0 radical (unpaired) electrons. The van der Waals surface area contributed by atoms with Crippen LogP contribution in [-0.4, -0.2) is 24.4 Å². The van der Waals surface area contributed by atoms with E-state index in [0.717, 1.165) is 5.75 Å². The van der Waals surface area contributed by atoms with E-state index < -0.39 is 13.3 Å². The van der Waals surface area contributed by atoms with Gasteiger partial charge < -0.3 is 0 Å². The predicted molar refractivity (Wildman–Crippen MR) is 82.7 cm³/mol. The molecule has 0 aliphatic carbocycles. The van der Waals surface area contributed by atoms with Gasteiger partial charge in [0.2, 0.25) is 0 Å². The van der Waals surface area contributed by atoms with Gasteiger partial charge in [0.1, 0.15) is 0 Å². The van der Waals surface area contributed by atoms with Gasteiger partial charge in [-0.25, -0.2) is 0 Å². The van der Waals surface area contributed by atoms with E-state index in [0.29, 0.717) is 0 Å². The van der Waals surface area contributed by atoms with Crippen molar-refractivity contribution in [2.75, 3.05) is 5.75 Å². The van der Waals surface area contributed by atoms with Crippen LogP contribution in [0.15, 0.2) is 29.2 Å². The van der Waals surface area contributed by atoms with Gasteiger partial charge in [-0.15, -0.1) is 0 Å². The molecule has 0 aliphatic rings. The van der Waals surface area contributed by atoms with E-state index in [2.05, 4.69) is 59.1 Å². The number of benzene rings is 1. The first-order chi connectivity index (χ1) is 7.87. The Kier molecular flexibility index (Phi) is 5.99. The fourth-order valence-electron chi connectivity index (χ4n) is 1.14. The summed E-state index contributed by atoms with van der Waals surface area (Å²) in [7, 11) is 0. The topological polar surface area (TPSA) is 0 Å². The van der Waals surface area contributed by atoms with Gasteiger partial charge in [-0.3, -0.25) is 0 Å². The Hall–Kier alpha value is -0.0371. The second-order valence-corrected chi connectivity index (χ2v) is 16.7. The minimum atomic E-state index is -1.75. The van der Waals surface area contributed by atoms with Crippen LogP contribution in [0.4, 0.5) is 0 Å². The molecule has 17 heavy (non-hydrogen) atoms. The molecule has 1 aromatic carbocycles. The third-order valence-corrected chi connectivity index (χ3v) is 5.45. The van der Waals surface area contributed by atoms with Crippen molar-refractivity contribution in [3.8, 4) is 10.7 Å². The molecule has 1 rings (SSSR count). The van der Waals surface area contributed by atoms with E-state index in [4.69, 9.17) is 11.6 Å². The van der Waals surface area contributed by atoms with E-state index in [1.807, 2.05) is 0 Å². The molecule has 1 aromatic rings. The second kappa shape index (κ2) is 6.78. The summed E-state index contributed by atoms with van der Waals surface area (Å²) >= 11 is 6.23. The van der Waals surface area contributed by atoms with Crippen LogP contribution in [0.3, 0.4) is 0 Å². The minimum absolute atomic E-state index is 0.0360. The van der Waals surface area contributed by atoms with Gasteiger partial charge in [-0.05, 0) is 0 Å². The van der Waals surface area contributed by atoms with Crippen LogP contribution in [0.5, 0.6) is 0 Å². The van der Waals surface area contributed by atoms with Crippen molar-refractivity contribution in [1.29, 1.82) is 0 Å². The number of thioether (sulfide) groups is 1. The maximum atomic E-state index is 6.20. The third kappa shape index (κ3) is 7.08. The van der Waals surface area contributed by atoms with Crippen molar-refractivity contribution < 1.29 is 0 Å². The number of rotatable bonds is 3. The summed E-state index contributed by atoms with van der Waals surface area (Å²) in [6.07, 6.45) is 0.